The van der Waals surface area contributed by atoms with Crippen molar-refractivity contribution in [2.75, 3.05) is 17.4 Å². The molecule has 0 unspecified atom stereocenters. The van der Waals surface area contributed by atoms with Gasteiger partial charge < -0.3 is 20.1 Å². The van der Waals surface area contributed by atoms with E-state index >= 15 is 0 Å². The van der Waals surface area contributed by atoms with Gasteiger partial charge >= 0.3 is 0 Å². The number of benzene rings is 2. The minimum atomic E-state index is -0.346. The van der Waals surface area contributed by atoms with E-state index in [9.17, 15) is 4.39 Å². The first-order valence-corrected chi connectivity index (χ1v) is 7.28. The first-order valence-electron chi connectivity index (χ1n) is 7.28. The Labute approximate surface area is 137 Å². The standard InChI is InChI=1S/C17H13FN4O2/c18-12-3-1-2-4-13(12)22-17-8-16(19-9-20-17)21-11-5-6-14-15(7-11)24-10-23-14/h1-9H,10H2,(H2,19,20,21,22). The fourth-order valence-corrected chi connectivity index (χ4v) is 2.32. The number of fused-ring (bicyclic) bond motifs is 1. The van der Waals surface area contributed by atoms with Crippen LogP contribution < -0.4 is 20.1 Å². The molecule has 0 spiro atoms. The number of hydrogen-bond donors (Lipinski definition) is 2. The number of hydrogen-bond acceptors (Lipinski definition) is 6. The molecule has 3 aromatic rings. The van der Waals surface area contributed by atoms with Gasteiger partial charge in [0.05, 0.1) is 5.69 Å². The van der Waals surface area contributed by atoms with E-state index in [1.165, 1.54) is 12.4 Å². The Morgan fingerprint density at radius 2 is 1.67 bits per heavy atom. The van der Waals surface area contributed by atoms with Crippen LogP contribution in [0.15, 0.2) is 54.9 Å². The smallest absolute Gasteiger partial charge is 0.231 e. The first kappa shape index (κ1) is 14.3. The summed E-state index contributed by atoms with van der Waals surface area (Å²) in [6, 6.07) is 13.6. The van der Waals surface area contributed by atoms with Gasteiger partial charge in [-0.05, 0) is 24.3 Å². The SMILES string of the molecule is Fc1ccccc1Nc1cc(Nc2ccc3c(c2)OCO3)ncn1. The molecular weight excluding hydrogens is 311 g/mol. The summed E-state index contributed by atoms with van der Waals surface area (Å²) in [7, 11) is 0. The Hall–Kier alpha value is -3.35. The van der Waals surface area contributed by atoms with E-state index in [2.05, 4.69) is 20.6 Å². The van der Waals surface area contributed by atoms with E-state index in [0.29, 0.717) is 28.8 Å². The zero-order valence-corrected chi connectivity index (χ0v) is 12.5. The Morgan fingerprint density at radius 1 is 0.875 bits per heavy atom. The predicted octanol–water partition coefficient (Wildman–Crippen LogP) is 3.83. The summed E-state index contributed by atoms with van der Waals surface area (Å²) < 4.78 is 24.3. The topological polar surface area (TPSA) is 68.3 Å². The van der Waals surface area contributed by atoms with Gasteiger partial charge in [-0.25, -0.2) is 14.4 Å². The highest BCUT2D eigenvalue weighted by Gasteiger charge is 2.13. The van der Waals surface area contributed by atoms with E-state index in [1.807, 2.05) is 18.2 Å². The summed E-state index contributed by atoms with van der Waals surface area (Å²) in [5.74, 6) is 2.10. The van der Waals surface area contributed by atoms with Crippen LogP contribution in [0.25, 0.3) is 0 Å². The number of aromatic nitrogens is 2. The molecule has 1 aliphatic rings. The number of ether oxygens (including phenoxy) is 2. The lowest BCUT2D eigenvalue weighted by molar-refractivity contribution is 0.174. The van der Waals surface area contributed by atoms with Crippen LogP contribution in [0.4, 0.5) is 27.4 Å². The van der Waals surface area contributed by atoms with Crippen molar-refractivity contribution in [1.82, 2.24) is 9.97 Å². The second-order valence-electron chi connectivity index (χ2n) is 5.09. The molecule has 0 fully saturated rings. The van der Waals surface area contributed by atoms with Crippen molar-refractivity contribution in [3.05, 3.63) is 60.7 Å². The first-order chi connectivity index (χ1) is 11.8. The van der Waals surface area contributed by atoms with Crippen LogP contribution in [0.3, 0.4) is 0 Å². The lowest BCUT2D eigenvalue weighted by Crippen LogP contribution is -1.99. The van der Waals surface area contributed by atoms with Gasteiger partial charge in [-0.2, -0.15) is 0 Å². The molecule has 0 radical (unpaired) electrons. The molecule has 2 heterocycles. The largest absolute Gasteiger partial charge is 0.454 e. The summed E-state index contributed by atoms with van der Waals surface area (Å²) in [6.07, 6.45) is 1.40. The fraction of sp³-hybridized carbons (Fsp3) is 0.0588. The number of halogens is 1. The molecular formula is C17H13FN4O2. The van der Waals surface area contributed by atoms with Crippen LogP contribution in [0.5, 0.6) is 11.5 Å². The molecule has 2 N–H and O–H groups in total. The van der Waals surface area contributed by atoms with Crippen molar-refractivity contribution in [2.24, 2.45) is 0 Å². The number of anilines is 4. The lowest BCUT2D eigenvalue weighted by Gasteiger charge is -2.09. The normalized spacial score (nSPS) is 12.0. The maximum Gasteiger partial charge on any atom is 0.231 e. The Bertz CT molecular complexity index is 888. The minimum absolute atomic E-state index is 0.225. The van der Waals surface area contributed by atoms with Crippen molar-refractivity contribution in [1.29, 1.82) is 0 Å². The van der Waals surface area contributed by atoms with Crippen LogP contribution in [-0.2, 0) is 0 Å². The lowest BCUT2D eigenvalue weighted by atomic mass is 10.2. The molecule has 1 aromatic heterocycles. The van der Waals surface area contributed by atoms with Gasteiger partial charge in [-0.15, -0.1) is 0 Å². The van der Waals surface area contributed by atoms with Gasteiger partial charge in [0.2, 0.25) is 6.79 Å². The summed E-state index contributed by atoms with van der Waals surface area (Å²) >= 11 is 0. The van der Waals surface area contributed by atoms with Gasteiger partial charge in [0.15, 0.2) is 11.5 Å². The quantitative estimate of drug-likeness (QED) is 0.760. The van der Waals surface area contributed by atoms with Crippen molar-refractivity contribution in [3.63, 3.8) is 0 Å². The fourth-order valence-electron chi connectivity index (χ4n) is 2.32. The van der Waals surface area contributed by atoms with Gasteiger partial charge in [0.25, 0.3) is 0 Å². The molecule has 24 heavy (non-hydrogen) atoms. The van der Waals surface area contributed by atoms with Crippen molar-refractivity contribution in [2.45, 2.75) is 0 Å². The number of para-hydroxylation sites is 1. The molecule has 1 aliphatic heterocycles. The van der Waals surface area contributed by atoms with Crippen molar-refractivity contribution >= 4 is 23.0 Å². The van der Waals surface area contributed by atoms with Crippen LogP contribution in [0, 0.1) is 5.82 Å². The molecule has 0 aliphatic carbocycles. The maximum absolute atomic E-state index is 13.7. The van der Waals surface area contributed by atoms with Gasteiger partial charge in [-0.1, -0.05) is 12.1 Å². The summed E-state index contributed by atoms with van der Waals surface area (Å²) in [5, 5.41) is 6.08. The monoisotopic (exact) mass is 324 g/mol. The molecule has 0 atom stereocenters. The van der Waals surface area contributed by atoms with Crippen molar-refractivity contribution < 1.29 is 13.9 Å². The third-order valence-corrected chi connectivity index (χ3v) is 3.45. The molecule has 0 amide bonds. The summed E-state index contributed by atoms with van der Waals surface area (Å²) in [5.41, 5.74) is 1.15. The summed E-state index contributed by atoms with van der Waals surface area (Å²) in [6.45, 7) is 0.225. The number of rotatable bonds is 4. The number of nitrogens with zero attached hydrogens (tertiary/aromatic N) is 2. The highest BCUT2D eigenvalue weighted by Crippen LogP contribution is 2.35. The zero-order valence-electron chi connectivity index (χ0n) is 12.5. The highest BCUT2D eigenvalue weighted by atomic mass is 19.1. The molecule has 120 valence electrons. The average Bonchev–Trinajstić information content (AvgIpc) is 3.05. The second-order valence-corrected chi connectivity index (χ2v) is 5.09. The van der Waals surface area contributed by atoms with Crippen molar-refractivity contribution in [3.8, 4) is 11.5 Å². The van der Waals surface area contributed by atoms with Crippen LogP contribution >= 0.6 is 0 Å². The molecule has 4 rings (SSSR count). The zero-order chi connectivity index (χ0) is 16.4. The van der Waals surface area contributed by atoms with Gasteiger partial charge in [-0.3, -0.25) is 0 Å². The van der Waals surface area contributed by atoms with E-state index < -0.39 is 0 Å². The molecule has 7 heteroatoms. The van der Waals surface area contributed by atoms with Gasteiger partial charge in [0, 0.05) is 17.8 Å². The minimum Gasteiger partial charge on any atom is -0.454 e. The molecule has 0 saturated carbocycles. The van der Waals surface area contributed by atoms with E-state index in [4.69, 9.17) is 9.47 Å². The third kappa shape index (κ3) is 2.91. The number of nitrogens with one attached hydrogen (secondary N) is 2. The third-order valence-electron chi connectivity index (χ3n) is 3.45. The second kappa shape index (κ2) is 6.04. The Morgan fingerprint density at radius 3 is 2.54 bits per heavy atom. The predicted molar refractivity (Wildman–Crippen MR) is 87.6 cm³/mol. The van der Waals surface area contributed by atoms with E-state index in [0.717, 1.165) is 5.69 Å². The van der Waals surface area contributed by atoms with Gasteiger partial charge in [0.1, 0.15) is 23.8 Å². The summed E-state index contributed by atoms with van der Waals surface area (Å²) in [4.78, 5) is 8.27. The highest BCUT2D eigenvalue weighted by molar-refractivity contribution is 5.65. The maximum atomic E-state index is 13.7. The van der Waals surface area contributed by atoms with E-state index in [1.54, 1.807) is 24.3 Å². The molecule has 6 nitrogen and oxygen atoms in total. The molecule has 0 bridgehead atoms. The van der Waals surface area contributed by atoms with E-state index in [-0.39, 0.29) is 12.6 Å². The molecule has 2 aromatic carbocycles. The molecule has 0 saturated heterocycles. The van der Waals surface area contributed by atoms with Crippen LogP contribution in [0.2, 0.25) is 0 Å². The Kier molecular flexibility index (Phi) is 3.59. The van der Waals surface area contributed by atoms with Crippen LogP contribution in [0.1, 0.15) is 0 Å². The average molecular weight is 324 g/mol. The van der Waals surface area contributed by atoms with Crippen LogP contribution in [-0.4, -0.2) is 16.8 Å². The Balaban J connectivity index is 1.53.